The Hall–Kier alpha value is -0.970. The molecule has 0 spiro atoms. The van der Waals surface area contributed by atoms with Crippen molar-refractivity contribution >= 4 is 29.1 Å². The van der Waals surface area contributed by atoms with Crippen LogP contribution in [0.1, 0.15) is 17.3 Å². The molecule has 6 heteroatoms. The van der Waals surface area contributed by atoms with E-state index in [1.165, 1.54) is 13.2 Å². The SMILES string of the molecule is CCN(N)C(=O)c1c(Cl)ccc(Cl)c1OC. The normalized spacial score (nSPS) is 10.1. The lowest BCUT2D eigenvalue weighted by Gasteiger charge is -2.17. The Morgan fingerprint density at radius 1 is 1.44 bits per heavy atom. The van der Waals surface area contributed by atoms with Crippen molar-refractivity contribution in [1.82, 2.24) is 5.01 Å². The number of nitrogens with two attached hydrogens (primary N) is 1. The van der Waals surface area contributed by atoms with Gasteiger partial charge in [0.25, 0.3) is 5.91 Å². The summed E-state index contributed by atoms with van der Waals surface area (Å²) in [5, 5.41) is 1.62. The fraction of sp³-hybridized carbons (Fsp3) is 0.300. The van der Waals surface area contributed by atoms with Crippen LogP contribution in [0.2, 0.25) is 10.0 Å². The molecule has 0 radical (unpaired) electrons. The monoisotopic (exact) mass is 262 g/mol. The lowest BCUT2D eigenvalue weighted by atomic mass is 10.2. The summed E-state index contributed by atoms with van der Waals surface area (Å²) in [5.74, 6) is 5.33. The Kier molecular flexibility index (Phi) is 4.41. The number of carbonyl (C=O) groups is 1. The quantitative estimate of drug-likeness (QED) is 0.517. The number of hydrogen-bond acceptors (Lipinski definition) is 3. The van der Waals surface area contributed by atoms with Crippen molar-refractivity contribution < 1.29 is 9.53 Å². The Morgan fingerprint density at radius 2 is 2.00 bits per heavy atom. The van der Waals surface area contributed by atoms with Crippen LogP contribution in [0.4, 0.5) is 0 Å². The van der Waals surface area contributed by atoms with Gasteiger partial charge in [-0.05, 0) is 19.1 Å². The highest BCUT2D eigenvalue weighted by Crippen LogP contribution is 2.34. The van der Waals surface area contributed by atoms with E-state index in [2.05, 4.69) is 0 Å². The van der Waals surface area contributed by atoms with Crippen LogP contribution in [0.3, 0.4) is 0 Å². The van der Waals surface area contributed by atoms with Gasteiger partial charge in [-0.3, -0.25) is 9.80 Å². The number of rotatable bonds is 3. The summed E-state index contributed by atoms with van der Waals surface area (Å²) in [7, 11) is 1.42. The van der Waals surface area contributed by atoms with Crippen LogP contribution < -0.4 is 10.6 Å². The maximum Gasteiger partial charge on any atom is 0.273 e. The standard InChI is InChI=1S/C10H12Cl2N2O2/c1-3-14(13)10(15)8-6(11)4-5-7(12)9(8)16-2/h4-5H,3,13H2,1-2H3. The van der Waals surface area contributed by atoms with Gasteiger partial charge in [0, 0.05) is 6.54 Å². The second kappa shape index (κ2) is 5.39. The third kappa shape index (κ3) is 2.40. The maximum absolute atomic E-state index is 11.9. The van der Waals surface area contributed by atoms with E-state index < -0.39 is 5.91 Å². The molecule has 0 atom stereocenters. The summed E-state index contributed by atoms with van der Waals surface area (Å²) >= 11 is 11.8. The molecule has 0 aromatic heterocycles. The fourth-order valence-electron chi connectivity index (χ4n) is 1.22. The molecule has 0 aliphatic carbocycles. The highest BCUT2D eigenvalue weighted by molar-refractivity contribution is 6.37. The molecule has 0 heterocycles. The summed E-state index contributed by atoms with van der Waals surface area (Å²) < 4.78 is 5.05. The van der Waals surface area contributed by atoms with Gasteiger partial charge in [-0.2, -0.15) is 0 Å². The lowest BCUT2D eigenvalue weighted by molar-refractivity contribution is 0.0761. The Bertz CT molecular complexity index is 410. The van der Waals surface area contributed by atoms with Crippen LogP contribution >= 0.6 is 23.2 Å². The summed E-state index contributed by atoms with van der Waals surface area (Å²) in [4.78, 5) is 11.9. The molecule has 88 valence electrons. The van der Waals surface area contributed by atoms with Crippen LogP contribution in [-0.2, 0) is 0 Å². The molecule has 0 fully saturated rings. The molecule has 0 saturated heterocycles. The molecular formula is C10H12Cl2N2O2. The third-order valence-electron chi connectivity index (χ3n) is 2.08. The molecule has 0 aliphatic rings. The van der Waals surface area contributed by atoms with E-state index in [4.69, 9.17) is 33.8 Å². The van der Waals surface area contributed by atoms with Gasteiger partial charge in [0.15, 0.2) is 5.75 Å². The molecule has 4 nitrogen and oxygen atoms in total. The Morgan fingerprint density at radius 3 is 2.50 bits per heavy atom. The maximum atomic E-state index is 11.9. The minimum atomic E-state index is -0.424. The number of hydrogen-bond donors (Lipinski definition) is 1. The highest BCUT2D eigenvalue weighted by atomic mass is 35.5. The fourth-order valence-corrected chi connectivity index (χ4v) is 1.68. The van der Waals surface area contributed by atoms with Gasteiger partial charge in [-0.1, -0.05) is 23.2 Å². The van der Waals surface area contributed by atoms with Crippen LogP contribution in [-0.4, -0.2) is 24.6 Å². The average molecular weight is 263 g/mol. The first-order valence-electron chi connectivity index (χ1n) is 4.61. The van der Waals surface area contributed by atoms with Gasteiger partial charge in [0.2, 0.25) is 0 Å². The first-order valence-corrected chi connectivity index (χ1v) is 5.37. The van der Waals surface area contributed by atoms with Crippen LogP contribution in [0.25, 0.3) is 0 Å². The molecule has 2 N–H and O–H groups in total. The second-order valence-corrected chi connectivity index (χ2v) is 3.84. The number of ether oxygens (including phenoxy) is 1. The topological polar surface area (TPSA) is 55.6 Å². The molecule has 1 aromatic rings. The van der Waals surface area contributed by atoms with E-state index in [1.54, 1.807) is 13.0 Å². The zero-order valence-electron chi connectivity index (χ0n) is 8.96. The van der Waals surface area contributed by atoms with Crippen molar-refractivity contribution in [2.75, 3.05) is 13.7 Å². The minimum absolute atomic E-state index is 0.181. The predicted molar refractivity (Wildman–Crippen MR) is 63.9 cm³/mol. The molecule has 16 heavy (non-hydrogen) atoms. The molecule has 1 rings (SSSR count). The predicted octanol–water partition coefficient (Wildman–Crippen LogP) is 2.34. The Balaban J connectivity index is 3.31. The molecule has 1 aromatic carbocycles. The van der Waals surface area contributed by atoms with E-state index in [-0.39, 0.29) is 16.3 Å². The molecule has 0 saturated carbocycles. The van der Waals surface area contributed by atoms with E-state index in [1.807, 2.05) is 0 Å². The van der Waals surface area contributed by atoms with E-state index in [9.17, 15) is 4.79 Å². The number of amides is 1. The van der Waals surface area contributed by atoms with Crippen molar-refractivity contribution in [1.29, 1.82) is 0 Å². The summed E-state index contributed by atoms with van der Waals surface area (Å²) in [6.45, 7) is 2.12. The zero-order chi connectivity index (χ0) is 12.3. The summed E-state index contributed by atoms with van der Waals surface area (Å²) in [6.07, 6.45) is 0. The summed E-state index contributed by atoms with van der Waals surface area (Å²) in [5.41, 5.74) is 0.181. The number of hydrazine groups is 1. The van der Waals surface area contributed by atoms with Crippen molar-refractivity contribution in [3.05, 3.63) is 27.7 Å². The summed E-state index contributed by atoms with van der Waals surface area (Å²) in [6, 6.07) is 3.09. The van der Waals surface area contributed by atoms with Gasteiger partial charge < -0.3 is 4.74 Å². The second-order valence-electron chi connectivity index (χ2n) is 3.03. The van der Waals surface area contributed by atoms with E-state index >= 15 is 0 Å². The first kappa shape index (κ1) is 13.1. The van der Waals surface area contributed by atoms with Crippen molar-refractivity contribution in [3.63, 3.8) is 0 Å². The molecule has 1 amide bonds. The highest BCUT2D eigenvalue weighted by Gasteiger charge is 2.21. The molecule has 0 bridgehead atoms. The third-order valence-corrected chi connectivity index (χ3v) is 2.69. The number of methoxy groups -OCH3 is 1. The molecular weight excluding hydrogens is 251 g/mol. The van der Waals surface area contributed by atoms with Crippen LogP contribution in [0.15, 0.2) is 12.1 Å². The molecule has 0 unspecified atom stereocenters. The smallest absolute Gasteiger partial charge is 0.273 e. The van der Waals surface area contributed by atoms with Gasteiger partial charge >= 0.3 is 0 Å². The van der Waals surface area contributed by atoms with Crippen LogP contribution in [0.5, 0.6) is 5.75 Å². The average Bonchev–Trinajstić information content (AvgIpc) is 2.29. The zero-order valence-corrected chi connectivity index (χ0v) is 10.5. The Labute approximate surface area is 104 Å². The first-order chi connectivity index (χ1) is 7.52. The number of benzene rings is 1. The van der Waals surface area contributed by atoms with Gasteiger partial charge in [0.05, 0.1) is 17.2 Å². The van der Waals surface area contributed by atoms with Crippen molar-refractivity contribution in [3.8, 4) is 5.75 Å². The van der Waals surface area contributed by atoms with Gasteiger partial charge in [0.1, 0.15) is 5.56 Å². The lowest BCUT2D eigenvalue weighted by Crippen LogP contribution is -2.37. The minimum Gasteiger partial charge on any atom is -0.494 e. The molecule has 0 aliphatic heterocycles. The van der Waals surface area contributed by atoms with Crippen LogP contribution in [0, 0.1) is 0 Å². The van der Waals surface area contributed by atoms with E-state index in [0.29, 0.717) is 11.6 Å². The van der Waals surface area contributed by atoms with Crippen molar-refractivity contribution in [2.24, 2.45) is 5.84 Å². The number of carbonyl (C=O) groups excluding carboxylic acids is 1. The van der Waals surface area contributed by atoms with E-state index in [0.717, 1.165) is 5.01 Å². The van der Waals surface area contributed by atoms with Gasteiger partial charge in [-0.25, -0.2) is 5.84 Å². The number of nitrogens with zero attached hydrogens (tertiary/aromatic N) is 1. The largest absolute Gasteiger partial charge is 0.494 e. The van der Waals surface area contributed by atoms with Crippen molar-refractivity contribution in [2.45, 2.75) is 6.92 Å². The number of halogens is 2. The van der Waals surface area contributed by atoms with Gasteiger partial charge in [-0.15, -0.1) is 0 Å².